The van der Waals surface area contributed by atoms with Crippen molar-refractivity contribution in [2.75, 3.05) is 26.2 Å². The molecule has 1 N–H and O–H groups in total. The molecule has 0 atom stereocenters. The number of imide groups is 1. The lowest BCUT2D eigenvalue weighted by Gasteiger charge is -2.15. The van der Waals surface area contributed by atoms with E-state index in [0.29, 0.717) is 17.1 Å². The van der Waals surface area contributed by atoms with Gasteiger partial charge in [-0.05, 0) is 53.7 Å². The monoisotopic (exact) mass is 438 g/mol. The number of anilines is 1. The van der Waals surface area contributed by atoms with Crippen LogP contribution in [0.3, 0.4) is 0 Å². The highest BCUT2D eigenvalue weighted by Gasteiger charge is 2.35. The molecule has 1 saturated heterocycles. The predicted octanol–water partition coefficient (Wildman–Crippen LogP) is 4.83. The van der Waals surface area contributed by atoms with Crippen LogP contribution in [0.1, 0.15) is 11.1 Å². The lowest BCUT2D eigenvalue weighted by Crippen LogP contribution is -2.33. The highest BCUT2D eigenvalue weighted by molar-refractivity contribution is 8.18. The first-order valence-electron chi connectivity index (χ1n) is 8.61. The molecule has 30 heavy (non-hydrogen) atoms. The van der Waals surface area contributed by atoms with E-state index in [1.807, 2.05) is 0 Å². The number of rotatable bonds is 6. The second-order valence-electron chi connectivity index (χ2n) is 6.14. The molecule has 1 aliphatic heterocycles. The lowest BCUT2D eigenvalue weighted by molar-refractivity contribution is -0.137. The maximum Gasteiger partial charge on any atom is 0.416 e. The number of hydrogen-bond acceptors (Lipinski definition) is 6. The van der Waals surface area contributed by atoms with Gasteiger partial charge in [0.15, 0.2) is 11.5 Å². The van der Waals surface area contributed by atoms with Gasteiger partial charge in [0.05, 0.1) is 31.4 Å². The maximum atomic E-state index is 12.8. The second kappa shape index (κ2) is 8.70. The Morgan fingerprint density at radius 3 is 2.47 bits per heavy atom. The van der Waals surface area contributed by atoms with E-state index in [-0.39, 0.29) is 17.3 Å². The molecule has 1 aliphatic rings. The van der Waals surface area contributed by atoms with E-state index in [1.165, 1.54) is 32.4 Å². The van der Waals surface area contributed by atoms with Crippen LogP contribution in [0.4, 0.5) is 23.7 Å². The van der Waals surface area contributed by atoms with Crippen LogP contribution in [0.2, 0.25) is 0 Å². The third kappa shape index (κ3) is 4.70. The van der Waals surface area contributed by atoms with Crippen molar-refractivity contribution >= 4 is 34.7 Å². The maximum absolute atomic E-state index is 12.8. The van der Waals surface area contributed by atoms with Crippen LogP contribution in [0, 0.1) is 0 Å². The fourth-order valence-corrected chi connectivity index (χ4v) is 3.54. The summed E-state index contributed by atoms with van der Waals surface area (Å²) in [5.74, 6) is 0.448. The Labute approximate surface area is 174 Å². The molecule has 0 saturated carbocycles. The van der Waals surface area contributed by atoms with Crippen LogP contribution >= 0.6 is 11.8 Å². The Balaban J connectivity index is 1.73. The highest BCUT2D eigenvalue weighted by atomic mass is 32.2. The molecule has 0 unspecified atom stereocenters. The molecule has 2 aromatic carbocycles. The molecule has 3 rings (SSSR count). The topological polar surface area (TPSA) is 67.9 Å². The summed E-state index contributed by atoms with van der Waals surface area (Å²) in [6.07, 6.45) is -2.95. The van der Waals surface area contributed by atoms with Crippen molar-refractivity contribution in [3.8, 4) is 11.5 Å². The summed E-state index contributed by atoms with van der Waals surface area (Å²) in [7, 11) is 2.98. The molecule has 1 fully saturated rings. The fraction of sp³-hybridized carbons (Fsp3) is 0.200. The largest absolute Gasteiger partial charge is 0.493 e. The number of nitrogens with zero attached hydrogens (tertiary/aromatic N) is 1. The minimum absolute atomic E-state index is 0.146. The fourth-order valence-electron chi connectivity index (χ4n) is 2.71. The third-order valence-corrected chi connectivity index (χ3v) is 5.12. The molecule has 158 valence electrons. The molecule has 0 spiro atoms. The summed E-state index contributed by atoms with van der Waals surface area (Å²) in [6, 6.07) is 9.56. The number of benzene rings is 2. The number of methoxy groups -OCH3 is 2. The number of alkyl halides is 3. The van der Waals surface area contributed by atoms with Crippen molar-refractivity contribution in [2.24, 2.45) is 0 Å². The second-order valence-corrected chi connectivity index (χ2v) is 7.13. The molecule has 0 radical (unpaired) electrons. The van der Waals surface area contributed by atoms with Crippen LogP contribution in [0.15, 0.2) is 47.4 Å². The summed E-state index contributed by atoms with van der Waals surface area (Å²) in [6.45, 7) is -0.255. The standard InChI is InChI=1S/C20H17F3N2O4S/c1-28-15-7-6-12(8-16(15)29-2)9-17-18(26)25(19(27)30-17)11-24-14-5-3-4-13(10-14)20(21,22)23/h3-10,24H,11H2,1-2H3/b17-9+. The molecule has 6 nitrogen and oxygen atoms in total. The van der Waals surface area contributed by atoms with E-state index in [1.54, 1.807) is 18.2 Å². The summed E-state index contributed by atoms with van der Waals surface area (Å²) in [5, 5.41) is 2.16. The van der Waals surface area contributed by atoms with Gasteiger partial charge in [-0.3, -0.25) is 14.5 Å². The van der Waals surface area contributed by atoms with Gasteiger partial charge in [0.1, 0.15) is 0 Å². The first kappa shape index (κ1) is 21.6. The van der Waals surface area contributed by atoms with E-state index in [2.05, 4.69) is 5.32 Å². The molecule has 1 heterocycles. The zero-order valence-corrected chi connectivity index (χ0v) is 16.8. The van der Waals surface area contributed by atoms with Crippen molar-refractivity contribution in [3.63, 3.8) is 0 Å². The molecule has 0 aromatic heterocycles. The third-order valence-electron chi connectivity index (χ3n) is 4.21. The molecular weight excluding hydrogens is 421 g/mol. The number of carbonyl (C=O) groups is 2. The Kier molecular flexibility index (Phi) is 6.25. The zero-order valence-electron chi connectivity index (χ0n) is 15.9. The summed E-state index contributed by atoms with van der Waals surface area (Å²) < 4.78 is 48.8. The summed E-state index contributed by atoms with van der Waals surface area (Å²) in [4.78, 5) is 25.9. The summed E-state index contributed by atoms with van der Waals surface area (Å²) in [5.41, 5.74) is -0.0493. The minimum atomic E-state index is -4.48. The Hall–Kier alpha value is -3.14. The average Bonchev–Trinajstić information content (AvgIpc) is 2.98. The molecule has 2 aromatic rings. The van der Waals surface area contributed by atoms with Crippen molar-refractivity contribution < 1.29 is 32.2 Å². The van der Waals surface area contributed by atoms with Gasteiger partial charge < -0.3 is 14.8 Å². The number of ether oxygens (including phenoxy) is 2. The first-order valence-corrected chi connectivity index (χ1v) is 9.43. The molecular formula is C20H17F3N2O4S. The lowest BCUT2D eigenvalue weighted by atomic mass is 10.2. The van der Waals surface area contributed by atoms with Gasteiger partial charge in [0, 0.05) is 5.69 Å². The van der Waals surface area contributed by atoms with Crippen molar-refractivity contribution in [1.29, 1.82) is 0 Å². The van der Waals surface area contributed by atoms with Crippen LogP contribution < -0.4 is 14.8 Å². The quantitative estimate of drug-likeness (QED) is 0.652. The van der Waals surface area contributed by atoms with Gasteiger partial charge >= 0.3 is 6.18 Å². The molecule has 10 heteroatoms. The van der Waals surface area contributed by atoms with Gasteiger partial charge in [0.2, 0.25) is 0 Å². The number of amides is 2. The van der Waals surface area contributed by atoms with Gasteiger partial charge in [-0.1, -0.05) is 12.1 Å². The number of halogens is 3. The van der Waals surface area contributed by atoms with Crippen molar-refractivity contribution in [3.05, 3.63) is 58.5 Å². The molecule has 0 aliphatic carbocycles. The van der Waals surface area contributed by atoms with Crippen LogP contribution in [-0.4, -0.2) is 36.9 Å². The normalized spacial score (nSPS) is 15.6. The Morgan fingerprint density at radius 2 is 1.80 bits per heavy atom. The van der Waals surface area contributed by atoms with Crippen LogP contribution in [-0.2, 0) is 11.0 Å². The van der Waals surface area contributed by atoms with Gasteiger partial charge in [0.25, 0.3) is 11.1 Å². The van der Waals surface area contributed by atoms with Crippen molar-refractivity contribution in [1.82, 2.24) is 4.90 Å². The van der Waals surface area contributed by atoms with E-state index < -0.39 is 22.9 Å². The van der Waals surface area contributed by atoms with E-state index in [0.717, 1.165) is 28.8 Å². The minimum Gasteiger partial charge on any atom is -0.493 e. The smallest absolute Gasteiger partial charge is 0.416 e. The van der Waals surface area contributed by atoms with Crippen LogP contribution in [0.5, 0.6) is 11.5 Å². The zero-order chi connectivity index (χ0) is 21.9. The average molecular weight is 438 g/mol. The Morgan fingerprint density at radius 1 is 1.07 bits per heavy atom. The Bertz CT molecular complexity index is 1010. The first-order chi connectivity index (χ1) is 14.2. The molecule has 0 bridgehead atoms. The van der Waals surface area contributed by atoms with Crippen molar-refractivity contribution in [2.45, 2.75) is 6.18 Å². The summed E-state index contributed by atoms with van der Waals surface area (Å²) >= 11 is 0.749. The van der Waals surface area contributed by atoms with Gasteiger partial charge in [-0.2, -0.15) is 13.2 Å². The van der Waals surface area contributed by atoms with Crippen LogP contribution in [0.25, 0.3) is 6.08 Å². The highest BCUT2D eigenvalue weighted by Crippen LogP contribution is 2.35. The van der Waals surface area contributed by atoms with E-state index >= 15 is 0 Å². The van der Waals surface area contributed by atoms with Gasteiger partial charge in [-0.25, -0.2) is 0 Å². The van der Waals surface area contributed by atoms with Gasteiger partial charge in [-0.15, -0.1) is 0 Å². The molecule has 2 amide bonds. The van der Waals surface area contributed by atoms with E-state index in [4.69, 9.17) is 9.47 Å². The SMILES string of the molecule is COc1ccc(/C=C2/SC(=O)N(CNc3cccc(C(F)(F)F)c3)C2=O)cc1OC. The van der Waals surface area contributed by atoms with E-state index in [9.17, 15) is 22.8 Å². The predicted molar refractivity (Wildman–Crippen MR) is 107 cm³/mol. The number of nitrogens with one attached hydrogen (secondary N) is 1. The number of thioether (sulfide) groups is 1. The number of carbonyl (C=O) groups excluding carboxylic acids is 2. The number of hydrogen-bond donors (Lipinski definition) is 1.